The molecule has 1 amide bonds. The lowest BCUT2D eigenvalue weighted by atomic mass is 9.85. The van der Waals surface area contributed by atoms with Gasteiger partial charge in [-0.05, 0) is 63.0 Å². The molecule has 2 aliphatic rings. The molecule has 0 fully saturated rings. The molecule has 0 saturated carbocycles. The fourth-order valence-electron chi connectivity index (χ4n) is 5.26. The number of rotatable bonds is 3. The SMILES string of the molecule is COC1CC(C)CC2=CC(=O)C=C(NC(=O)/C(C)=C/CCC(C)C(OC(=N)N)/C(C)=C/C(C)C1OC)C2=O. The van der Waals surface area contributed by atoms with Gasteiger partial charge >= 0.3 is 0 Å². The van der Waals surface area contributed by atoms with E-state index in [4.69, 9.17) is 25.4 Å². The molecule has 38 heavy (non-hydrogen) atoms. The lowest BCUT2D eigenvalue weighted by molar-refractivity contribution is -0.120. The summed E-state index contributed by atoms with van der Waals surface area (Å²) < 4.78 is 17.4. The van der Waals surface area contributed by atoms with E-state index in [1.54, 1.807) is 27.2 Å². The third kappa shape index (κ3) is 8.49. The Hall–Kier alpha value is -3.04. The van der Waals surface area contributed by atoms with E-state index in [-0.39, 0.29) is 53.2 Å². The van der Waals surface area contributed by atoms with Crippen molar-refractivity contribution in [3.8, 4) is 0 Å². The summed E-state index contributed by atoms with van der Waals surface area (Å²) in [6.45, 7) is 9.67. The minimum absolute atomic E-state index is 0.00883. The van der Waals surface area contributed by atoms with Crippen molar-refractivity contribution >= 4 is 23.5 Å². The molecule has 0 saturated heterocycles. The standard InChI is InChI=1S/C29H43N3O6/c1-16-11-21-14-22(33)15-23(25(21)34)32-28(35)18(3)10-8-9-17(2)26(38-29(30)31)19(4)13-20(5)27(37-7)24(12-16)36-6/h10,13-17,20,24,26-27H,8-9,11-12H2,1-7H3,(H3,30,31)(H,32,35)/b18-10+,19-13+. The molecule has 1 aliphatic carbocycles. The number of hydrogen-bond acceptors (Lipinski definition) is 7. The molecular formula is C29H43N3O6. The van der Waals surface area contributed by atoms with Crippen LogP contribution in [0, 0.1) is 23.2 Å². The van der Waals surface area contributed by atoms with E-state index in [1.165, 1.54) is 12.2 Å². The van der Waals surface area contributed by atoms with Crippen LogP contribution in [0.15, 0.2) is 46.7 Å². The van der Waals surface area contributed by atoms with Crippen molar-refractivity contribution in [2.24, 2.45) is 23.5 Å². The summed E-state index contributed by atoms with van der Waals surface area (Å²) in [5.74, 6) is -1.18. The summed E-state index contributed by atoms with van der Waals surface area (Å²) in [4.78, 5) is 38.3. The molecule has 1 heterocycles. The Morgan fingerprint density at radius 3 is 2.37 bits per heavy atom. The summed E-state index contributed by atoms with van der Waals surface area (Å²) in [6, 6.07) is -0.355. The third-order valence-corrected chi connectivity index (χ3v) is 7.23. The Morgan fingerprint density at radius 2 is 1.76 bits per heavy atom. The number of amides is 1. The Balaban J connectivity index is 2.47. The maximum atomic E-state index is 13.1. The molecular weight excluding hydrogens is 486 g/mol. The number of hydrogen-bond donors (Lipinski definition) is 3. The van der Waals surface area contributed by atoms with Crippen LogP contribution >= 0.6 is 0 Å². The number of fused-ring (bicyclic) bond motifs is 2. The Bertz CT molecular complexity index is 1040. The minimum Gasteiger partial charge on any atom is -0.457 e. The molecule has 2 bridgehead atoms. The predicted molar refractivity (Wildman–Crippen MR) is 146 cm³/mol. The number of ether oxygens (including phenoxy) is 3. The molecule has 0 radical (unpaired) electrons. The van der Waals surface area contributed by atoms with Crippen molar-refractivity contribution in [1.29, 1.82) is 5.41 Å². The summed E-state index contributed by atoms with van der Waals surface area (Å²) >= 11 is 0. The van der Waals surface area contributed by atoms with Crippen LogP contribution in [0.1, 0.15) is 60.3 Å². The molecule has 210 valence electrons. The van der Waals surface area contributed by atoms with Crippen LogP contribution in [-0.4, -0.2) is 56.0 Å². The van der Waals surface area contributed by atoms with Crippen LogP contribution in [-0.2, 0) is 28.6 Å². The highest BCUT2D eigenvalue weighted by Gasteiger charge is 2.31. The van der Waals surface area contributed by atoms with Crippen LogP contribution in [0.2, 0.25) is 0 Å². The van der Waals surface area contributed by atoms with E-state index < -0.39 is 12.0 Å². The van der Waals surface area contributed by atoms with Crippen molar-refractivity contribution in [1.82, 2.24) is 5.32 Å². The zero-order valence-electron chi connectivity index (χ0n) is 23.6. The molecule has 0 aromatic heterocycles. The van der Waals surface area contributed by atoms with Gasteiger partial charge in [-0.15, -0.1) is 0 Å². The fraction of sp³-hybridized carbons (Fsp3) is 0.586. The zero-order chi connectivity index (χ0) is 28.6. The summed E-state index contributed by atoms with van der Waals surface area (Å²) in [5, 5.41) is 10.3. The number of nitrogens with two attached hydrogens (primary N) is 1. The number of allylic oxidation sites excluding steroid dienone is 4. The van der Waals surface area contributed by atoms with Crippen LogP contribution in [0.5, 0.6) is 0 Å². The zero-order valence-corrected chi connectivity index (χ0v) is 23.6. The Kier molecular flexibility index (Phi) is 11.7. The number of methoxy groups -OCH3 is 2. The van der Waals surface area contributed by atoms with Gasteiger partial charge in [-0.25, -0.2) is 0 Å². The van der Waals surface area contributed by atoms with Crippen molar-refractivity contribution in [3.63, 3.8) is 0 Å². The monoisotopic (exact) mass is 529 g/mol. The van der Waals surface area contributed by atoms with Gasteiger partial charge in [-0.1, -0.05) is 32.9 Å². The van der Waals surface area contributed by atoms with Crippen molar-refractivity contribution in [2.45, 2.75) is 78.6 Å². The van der Waals surface area contributed by atoms with Gasteiger partial charge in [0.25, 0.3) is 11.9 Å². The van der Waals surface area contributed by atoms with Gasteiger partial charge < -0.3 is 25.3 Å². The van der Waals surface area contributed by atoms with Crippen molar-refractivity contribution in [3.05, 3.63) is 46.7 Å². The van der Waals surface area contributed by atoms with Gasteiger partial charge in [0, 0.05) is 37.4 Å². The van der Waals surface area contributed by atoms with E-state index >= 15 is 0 Å². The lowest BCUT2D eigenvalue weighted by Gasteiger charge is -2.32. The lowest BCUT2D eigenvalue weighted by Crippen LogP contribution is -2.37. The van der Waals surface area contributed by atoms with E-state index in [0.29, 0.717) is 36.8 Å². The molecule has 9 heteroatoms. The van der Waals surface area contributed by atoms with Crippen LogP contribution in [0.25, 0.3) is 0 Å². The highest BCUT2D eigenvalue weighted by molar-refractivity contribution is 6.21. The molecule has 0 aromatic rings. The molecule has 0 spiro atoms. The second-order valence-electron chi connectivity index (χ2n) is 10.5. The number of Topliss-reactive ketones (excluding diaryl/α,β-unsaturated/α-hetero) is 1. The van der Waals surface area contributed by atoms with Gasteiger partial charge in [-0.3, -0.25) is 19.8 Å². The molecule has 4 N–H and O–H groups in total. The first kappa shape index (κ1) is 31.2. The topological polar surface area (TPSA) is 141 Å². The van der Waals surface area contributed by atoms with E-state index in [0.717, 1.165) is 5.57 Å². The molecule has 0 aromatic carbocycles. The van der Waals surface area contributed by atoms with Gasteiger partial charge in [-0.2, -0.15) is 0 Å². The Labute approximate surface area is 226 Å². The average molecular weight is 530 g/mol. The minimum atomic E-state index is -0.430. The molecule has 2 rings (SSSR count). The van der Waals surface area contributed by atoms with E-state index in [2.05, 4.69) is 11.4 Å². The number of ketones is 2. The van der Waals surface area contributed by atoms with Crippen molar-refractivity contribution in [2.75, 3.05) is 14.2 Å². The van der Waals surface area contributed by atoms with Crippen LogP contribution in [0.4, 0.5) is 0 Å². The second-order valence-corrected chi connectivity index (χ2v) is 10.5. The number of carbonyl (C=O) groups is 3. The summed E-state index contributed by atoms with van der Waals surface area (Å²) in [7, 11) is 3.27. The van der Waals surface area contributed by atoms with Gasteiger partial charge in [0.2, 0.25) is 5.78 Å². The average Bonchev–Trinajstić information content (AvgIpc) is 2.83. The first-order valence-electron chi connectivity index (χ1n) is 13.1. The normalized spacial score (nSPS) is 33.2. The fourth-order valence-corrected chi connectivity index (χ4v) is 5.26. The van der Waals surface area contributed by atoms with Gasteiger partial charge in [0.05, 0.1) is 17.9 Å². The molecule has 6 unspecified atom stereocenters. The van der Waals surface area contributed by atoms with E-state index in [9.17, 15) is 14.4 Å². The largest absolute Gasteiger partial charge is 0.457 e. The van der Waals surface area contributed by atoms with Gasteiger partial charge in [0.1, 0.15) is 6.10 Å². The Morgan fingerprint density at radius 1 is 1.08 bits per heavy atom. The first-order chi connectivity index (χ1) is 17.9. The summed E-state index contributed by atoms with van der Waals surface area (Å²) in [6.07, 6.45) is 7.58. The molecule has 1 aliphatic heterocycles. The second kappa shape index (κ2) is 14.2. The highest BCUT2D eigenvalue weighted by Crippen LogP contribution is 2.29. The van der Waals surface area contributed by atoms with Gasteiger partial charge in [0.15, 0.2) is 5.78 Å². The van der Waals surface area contributed by atoms with Crippen LogP contribution in [0.3, 0.4) is 0 Å². The number of nitrogens with one attached hydrogen (secondary N) is 2. The third-order valence-electron chi connectivity index (χ3n) is 7.23. The summed E-state index contributed by atoms with van der Waals surface area (Å²) in [5.41, 5.74) is 7.33. The highest BCUT2D eigenvalue weighted by atomic mass is 16.5. The molecule has 6 atom stereocenters. The van der Waals surface area contributed by atoms with Crippen LogP contribution < -0.4 is 11.1 Å². The molecule has 9 nitrogen and oxygen atoms in total. The number of carbonyl (C=O) groups excluding carboxylic acids is 3. The smallest absolute Gasteiger partial charge is 0.279 e. The first-order valence-corrected chi connectivity index (χ1v) is 13.1. The number of amidine groups is 1. The maximum absolute atomic E-state index is 13.1. The predicted octanol–water partition coefficient (Wildman–Crippen LogP) is 3.75. The quantitative estimate of drug-likeness (QED) is 0.219. The van der Waals surface area contributed by atoms with E-state index in [1.807, 2.05) is 27.7 Å². The maximum Gasteiger partial charge on any atom is 0.279 e. The van der Waals surface area contributed by atoms with Crippen molar-refractivity contribution < 1.29 is 28.6 Å².